The number of nitrogens with two attached hydrogens (primary N) is 1. The van der Waals surface area contributed by atoms with Gasteiger partial charge in [-0.25, -0.2) is 4.99 Å². The van der Waals surface area contributed by atoms with Crippen molar-refractivity contribution in [3.05, 3.63) is 58.7 Å². The molecule has 3 N–H and O–H groups in total. The number of carbonyl (C=O) groups is 3. The summed E-state index contributed by atoms with van der Waals surface area (Å²) in [5.74, 6) is 0.846. The molecule has 2 aromatic rings. The molecule has 0 aliphatic carbocycles. The molecular weight excluding hydrogens is 506 g/mol. The molecule has 2 saturated heterocycles. The van der Waals surface area contributed by atoms with Crippen LogP contribution in [0.2, 0.25) is 0 Å². The van der Waals surface area contributed by atoms with Gasteiger partial charge in [-0.3, -0.25) is 19.7 Å². The monoisotopic (exact) mass is 543 g/mol. The van der Waals surface area contributed by atoms with Crippen LogP contribution in [0.4, 0.5) is 5.69 Å². The number of aliphatic imine (C=N–C) groups is 1. The number of rotatable bonds is 8. The average Bonchev–Trinajstić information content (AvgIpc) is 3.43. The first-order valence-electron chi connectivity index (χ1n) is 14.4. The number of methoxy groups -OCH3 is 1. The van der Waals surface area contributed by atoms with Gasteiger partial charge in [-0.15, -0.1) is 0 Å². The zero-order chi connectivity index (χ0) is 27.9. The molecule has 2 fully saturated rings. The highest BCUT2D eigenvalue weighted by molar-refractivity contribution is 6.05. The summed E-state index contributed by atoms with van der Waals surface area (Å²) >= 11 is 0. The van der Waals surface area contributed by atoms with Crippen molar-refractivity contribution >= 4 is 29.2 Å². The van der Waals surface area contributed by atoms with Crippen molar-refractivity contribution in [1.82, 2.24) is 15.1 Å². The molecule has 1 spiro atoms. The largest absolute Gasteiger partial charge is 0.497 e. The van der Waals surface area contributed by atoms with Gasteiger partial charge < -0.3 is 20.3 Å². The smallest absolute Gasteiger partial charge is 0.255 e. The minimum absolute atomic E-state index is 0.108. The van der Waals surface area contributed by atoms with Crippen LogP contribution in [0.1, 0.15) is 72.0 Å². The molecule has 4 aliphatic rings. The maximum absolute atomic E-state index is 13.1. The molecule has 6 rings (SSSR count). The lowest BCUT2D eigenvalue weighted by Gasteiger charge is -2.39. The maximum Gasteiger partial charge on any atom is 0.255 e. The second kappa shape index (κ2) is 10.7. The fraction of sp³-hybridized carbons (Fsp3) is 0.484. The fourth-order valence-corrected chi connectivity index (χ4v) is 6.89. The number of nitrogens with one attached hydrogen (secondary N) is 1. The van der Waals surface area contributed by atoms with Gasteiger partial charge in [-0.05, 0) is 99.1 Å². The van der Waals surface area contributed by atoms with Gasteiger partial charge in [0.1, 0.15) is 17.6 Å². The number of hydrogen-bond acceptors (Lipinski definition) is 7. The van der Waals surface area contributed by atoms with Crippen molar-refractivity contribution in [3.63, 3.8) is 0 Å². The van der Waals surface area contributed by atoms with Gasteiger partial charge in [0.15, 0.2) is 0 Å². The van der Waals surface area contributed by atoms with Gasteiger partial charge in [0.2, 0.25) is 11.8 Å². The molecular formula is C31H37N5O4. The summed E-state index contributed by atoms with van der Waals surface area (Å²) < 4.78 is 5.46. The van der Waals surface area contributed by atoms with Crippen LogP contribution in [0.5, 0.6) is 5.75 Å². The second-order valence-corrected chi connectivity index (χ2v) is 11.5. The van der Waals surface area contributed by atoms with Crippen LogP contribution in [0.25, 0.3) is 0 Å². The third-order valence-electron chi connectivity index (χ3n) is 9.26. The zero-order valence-electron chi connectivity index (χ0n) is 23.1. The van der Waals surface area contributed by atoms with Crippen molar-refractivity contribution in [2.75, 3.05) is 26.7 Å². The van der Waals surface area contributed by atoms with Crippen LogP contribution in [0.3, 0.4) is 0 Å². The minimum Gasteiger partial charge on any atom is -0.497 e. The van der Waals surface area contributed by atoms with E-state index in [2.05, 4.69) is 27.3 Å². The molecule has 0 radical (unpaired) electrons. The highest BCUT2D eigenvalue weighted by atomic mass is 16.5. The van der Waals surface area contributed by atoms with Crippen molar-refractivity contribution in [2.45, 2.75) is 69.4 Å². The summed E-state index contributed by atoms with van der Waals surface area (Å²) in [6.45, 7) is 3.50. The van der Waals surface area contributed by atoms with Crippen LogP contribution in [-0.4, -0.2) is 66.1 Å². The van der Waals surface area contributed by atoms with E-state index in [0.717, 1.165) is 81.0 Å². The third-order valence-corrected chi connectivity index (χ3v) is 9.26. The number of amidine groups is 1. The van der Waals surface area contributed by atoms with Crippen molar-refractivity contribution in [3.8, 4) is 5.75 Å². The van der Waals surface area contributed by atoms with E-state index in [4.69, 9.17) is 10.5 Å². The van der Waals surface area contributed by atoms with Crippen molar-refractivity contribution in [1.29, 1.82) is 0 Å². The van der Waals surface area contributed by atoms with Gasteiger partial charge >= 0.3 is 0 Å². The van der Waals surface area contributed by atoms with Gasteiger partial charge in [0.25, 0.3) is 5.91 Å². The van der Waals surface area contributed by atoms with Gasteiger partial charge in [-0.2, -0.15) is 0 Å². The number of hydrogen-bond donors (Lipinski definition) is 2. The predicted octanol–water partition coefficient (Wildman–Crippen LogP) is 3.21. The number of imide groups is 1. The summed E-state index contributed by atoms with van der Waals surface area (Å²) in [5.41, 5.74) is 11.4. The van der Waals surface area contributed by atoms with Crippen LogP contribution in [0, 0.1) is 0 Å². The number of unbranched alkanes of at least 4 members (excludes halogenated alkanes) is 2. The number of ether oxygens (including phenoxy) is 1. The van der Waals surface area contributed by atoms with E-state index in [9.17, 15) is 14.4 Å². The number of fused-ring (bicyclic) bond motifs is 3. The Morgan fingerprint density at radius 2 is 1.93 bits per heavy atom. The maximum atomic E-state index is 13.1. The number of nitrogens with zero attached hydrogens (tertiary/aromatic N) is 3. The first-order chi connectivity index (χ1) is 19.4. The molecule has 3 amide bonds. The third kappa shape index (κ3) is 4.66. The summed E-state index contributed by atoms with van der Waals surface area (Å²) in [7, 11) is 1.69. The quantitative estimate of drug-likeness (QED) is 0.390. The molecule has 9 heteroatoms. The van der Waals surface area contributed by atoms with Crippen LogP contribution in [-0.2, 0) is 28.0 Å². The standard InChI is InChI=1S/C31H37N5O4/c1-40-21-9-10-25-24(18-21)31(30(32)33-25)13-16-35(17-14-31)15-4-2-3-6-20-7-5-8-22-23(20)19-36(29(22)39)26-11-12-27(37)34-28(26)38/h5,7-10,18,26H,2-4,6,11-17,19H2,1H3,(H2,32,33)(H,34,37,38). The Balaban J connectivity index is 0.987. The molecule has 4 heterocycles. The van der Waals surface area contributed by atoms with Gasteiger partial charge in [0.05, 0.1) is 18.2 Å². The molecule has 9 nitrogen and oxygen atoms in total. The van der Waals surface area contributed by atoms with Crippen LogP contribution in [0.15, 0.2) is 41.4 Å². The van der Waals surface area contributed by atoms with Crippen molar-refractivity contribution in [2.24, 2.45) is 10.7 Å². The number of likely N-dealkylation sites (tertiary alicyclic amines) is 1. The molecule has 1 unspecified atom stereocenters. The first kappa shape index (κ1) is 26.5. The molecule has 4 aliphatic heterocycles. The SMILES string of the molecule is COc1ccc2c(c1)C1(CCN(CCCCCc3cccc4c3CN(C3CCC(=O)NC3=O)C4=O)CC1)C(N)=N2. The van der Waals surface area contributed by atoms with E-state index in [1.54, 1.807) is 12.0 Å². The Labute approximate surface area is 234 Å². The lowest BCUT2D eigenvalue weighted by Crippen LogP contribution is -2.52. The Morgan fingerprint density at radius 1 is 1.10 bits per heavy atom. The number of piperidine rings is 2. The minimum atomic E-state index is -0.574. The number of aryl methyl sites for hydroxylation is 1. The molecule has 2 aromatic carbocycles. The summed E-state index contributed by atoms with van der Waals surface area (Å²) in [5, 5.41) is 2.38. The topological polar surface area (TPSA) is 117 Å². The van der Waals surface area contributed by atoms with Gasteiger partial charge in [0, 0.05) is 18.5 Å². The van der Waals surface area contributed by atoms with E-state index in [1.807, 2.05) is 24.3 Å². The number of amides is 3. The molecule has 0 bridgehead atoms. The van der Waals surface area contributed by atoms with E-state index in [-0.39, 0.29) is 29.6 Å². The normalized spacial score (nSPS) is 21.8. The van der Waals surface area contributed by atoms with E-state index in [1.165, 1.54) is 11.1 Å². The highest BCUT2D eigenvalue weighted by Crippen LogP contribution is 2.46. The Hall–Kier alpha value is -3.72. The zero-order valence-corrected chi connectivity index (χ0v) is 23.1. The number of carbonyl (C=O) groups excluding carboxylic acids is 3. The van der Waals surface area contributed by atoms with Gasteiger partial charge in [-0.1, -0.05) is 18.6 Å². The van der Waals surface area contributed by atoms with E-state index in [0.29, 0.717) is 18.5 Å². The van der Waals surface area contributed by atoms with Crippen LogP contribution < -0.4 is 15.8 Å². The highest BCUT2D eigenvalue weighted by Gasteiger charge is 2.45. The van der Waals surface area contributed by atoms with Crippen LogP contribution >= 0.6 is 0 Å². The molecule has 0 aromatic heterocycles. The average molecular weight is 544 g/mol. The molecule has 40 heavy (non-hydrogen) atoms. The van der Waals surface area contributed by atoms with E-state index >= 15 is 0 Å². The Morgan fingerprint density at radius 3 is 2.70 bits per heavy atom. The first-order valence-corrected chi connectivity index (χ1v) is 14.4. The summed E-state index contributed by atoms with van der Waals surface area (Å²) in [6.07, 6.45) is 6.79. The summed E-state index contributed by atoms with van der Waals surface area (Å²) in [6, 6.07) is 11.4. The predicted molar refractivity (Wildman–Crippen MR) is 152 cm³/mol. The lowest BCUT2D eigenvalue weighted by molar-refractivity contribution is -0.136. The molecule has 210 valence electrons. The molecule has 0 saturated carbocycles. The Kier molecular flexibility index (Phi) is 7.08. The van der Waals surface area contributed by atoms with Crippen molar-refractivity contribution < 1.29 is 19.1 Å². The lowest BCUT2D eigenvalue weighted by atomic mass is 9.72. The fourth-order valence-electron chi connectivity index (χ4n) is 6.89. The molecule has 1 atom stereocenters. The second-order valence-electron chi connectivity index (χ2n) is 11.5. The Bertz CT molecular complexity index is 1380. The summed E-state index contributed by atoms with van der Waals surface area (Å²) in [4.78, 5) is 45.8. The van der Waals surface area contributed by atoms with E-state index < -0.39 is 6.04 Å². The number of benzene rings is 2.